The number of rotatable bonds is 6. The van der Waals surface area contributed by atoms with Gasteiger partial charge in [-0.1, -0.05) is 12.2 Å². The minimum absolute atomic E-state index is 0.138. The van der Waals surface area contributed by atoms with Crippen molar-refractivity contribution in [3.8, 4) is 0 Å². The van der Waals surface area contributed by atoms with E-state index in [9.17, 15) is 4.79 Å². The van der Waals surface area contributed by atoms with Crippen molar-refractivity contribution < 1.29 is 14.6 Å². The van der Waals surface area contributed by atoms with Gasteiger partial charge in [-0.15, -0.1) is 0 Å². The van der Waals surface area contributed by atoms with Gasteiger partial charge in [0.2, 0.25) is 0 Å². The fraction of sp³-hybridized carbons (Fsp3) is 0.700. The molecule has 0 amide bonds. The molecule has 76 valence electrons. The van der Waals surface area contributed by atoms with Gasteiger partial charge in [0.05, 0.1) is 7.11 Å². The molecule has 0 bridgehead atoms. The molecule has 1 atom stereocenters. The Hall–Kier alpha value is -0.830. The second-order valence-electron chi connectivity index (χ2n) is 3.17. The van der Waals surface area contributed by atoms with Crippen LogP contribution in [0.1, 0.15) is 26.2 Å². The van der Waals surface area contributed by atoms with E-state index in [-0.39, 0.29) is 18.5 Å². The summed E-state index contributed by atoms with van der Waals surface area (Å²) >= 11 is 0. The number of ether oxygens (including phenoxy) is 1. The van der Waals surface area contributed by atoms with Gasteiger partial charge in [0, 0.05) is 13.0 Å². The zero-order valence-electron chi connectivity index (χ0n) is 8.38. The maximum atomic E-state index is 10.8. The number of aliphatic hydroxyl groups is 1. The van der Waals surface area contributed by atoms with Crippen molar-refractivity contribution in [3.63, 3.8) is 0 Å². The lowest BCUT2D eigenvalue weighted by Gasteiger charge is -2.14. The van der Waals surface area contributed by atoms with Crippen LogP contribution < -0.4 is 0 Å². The predicted octanol–water partition coefficient (Wildman–Crippen LogP) is 1.51. The molecule has 3 nitrogen and oxygen atoms in total. The van der Waals surface area contributed by atoms with Gasteiger partial charge in [-0.05, 0) is 25.7 Å². The lowest BCUT2D eigenvalue weighted by Crippen LogP contribution is -2.08. The van der Waals surface area contributed by atoms with Crippen LogP contribution in [0.25, 0.3) is 0 Å². The first-order chi connectivity index (χ1) is 6.11. The van der Waals surface area contributed by atoms with Crippen molar-refractivity contribution in [3.05, 3.63) is 12.2 Å². The van der Waals surface area contributed by atoms with E-state index in [1.807, 2.05) is 6.92 Å². The summed E-state index contributed by atoms with van der Waals surface area (Å²) in [6.07, 6.45) is 1.78. The zero-order chi connectivity index (χ0) is 10.3. The maximum Gasteiger partial charge on any atom is 0.305 e. The first kappa shape index (κ1) is 12.2. The fourth-order valence-electron chi connectivity index (χ4n) is 1.19. The van der Waals surface area contributed by atoms with E-state index in [4.69, 9.17) is 5.11 Å². The minimum Gasteiger partial charge on any atom is -0.469 e. The van der Waals surface area contributed by atoms with Crippen LogP contribution in [0.4, 0.5) is 0 Å². The molecule has 0 aromatic carbocycles. The molecule has 0 aliphatic rings. The number of hydrogen-bond acceptors (Lipinski definition) is 3. The smallest absolute Gasteiger partial charge is 0.305 e. The maximum absolute atomic E-state index is 10.8. The molecule has 0 saturated carbocycles. The van der Waals surface area contributed by atoms with E-state index < -0.39 is 0 Å². The van der Waals surface area contributed by atoms with Crippen molar-refractivity contribution in [2.75, 3.05) is 13.7 Å². The Morgan fingerprint density at radius 2 is 2.15 bits per heavy atom. The molecule has 0 unspecified atom stereocenters. The molecular weight excluding hydrogens is 168 g/mol. The van der Waals surface area contributed by atoms with Crippen LogP contribution in [0.2, 0.25) is 0 Å². The fourth-order valence-corrected chi connectivity index (χ4v) is 1.19. The first-order valence-electron chi connectivity index (χ1n) is 4.45. The molecule has 0 aromatic heterocycles. The SMILES string of the molecule is C=C(C)[C@@H](CCO)CCC(=O)OC. The van der Waals surface area contributed by atoms with Gasteiger partial charge in [-0.3, -0.25) is 4.79 Å². The summed E-state index contributed by atoms with van der Waals surface area (Å²) < 4.78 is 4.53. The summed E-state index contributed by atoms with van der Waals surface area (Å²) in [6, 6.07) is 0. The Morgan fingerprint density at radius 1 is 1.54 bits per heavy atom. The van der Waals surface area contributed by atoms with Gasteiger partial charge in [-0.2, -0.15) is 0 Å². The molecule has 0 spiro atoms. The van der Waals surface area contributed by atoms with Crippen LogP contribution in [-0.2, 0) is 9.53 Å². The highest BCUT2D eigenvalue weighted by Crippen LogP contribution is 2.18. The van der Waals surface area contributed by atoms with Gasteiger partial charge < -0.3 is 9.84 Å². The van der Waals surface area contributed by atoms with Gasteiger partial charge in [0.25, 0.3) is 0 Å². The highest BCUT2D eigenvalue weighted by molar-refractivity contribution is 5.69. The number of methoxy groups -OCH3 is 1. The summed E-state index contributed by atoms with van der Waals surface area (Å²) in [6.45, 7) is 5.87. The summed E-state index contributed by atoms with van der Waals surface area (Å²) in [4.78, 5) is 10.8. The van der Waals surface area contributed by atoms with Crippen LogP contribution in [0, 0.1) is 5.92 Å². The van der Waals surface area contributed by atoms with Gasteiger partial charge in [0.1, 0.15) is 0 Å². The van der Waals surface area contributed by atoms with Crippen LogP contribution in [0.3, 0.4) is 0 Å². The summed E-state index contributed by atoms with van der Waals surface area (Å²) in [5.74, 6) is 0.0216. The highest BCUT2D eigenvalue weighted by atomic mass is 16.5. The van der Waals surface area contributed by atoms with Crippen molar-refractivity contribution >= 4 is 5.97 Å². The van der Waals surface area contributed by atoms with Crippen molar-refractivity contribution in [2.45, 2.75) is 26.2 Å². The normalized spacial score (nSPS) is 12.2. The van der Waals surface area contributed by atoms with E-state index in [1.54, 1.807) is 0 Å². The van der Waals surface area contributed by atoms with E-state index in [1.165, 1.54) is 7.11 Å². The first-order valence-corrected chi connectivity index (χ1v) is 4.45. The Balaban J connectivity index is 3.82. The van der Waals surface area contributed by atoms with Gasteiger partial charge in [-0.25, -0.2) is 0 Å². The third-order valence-corrected chi connectivity index (χ3v) is 2.10. The van der Waals surface area contributed by atoms with Crippen LogP contribution >= 0.6 is 0 Å². The van der Waals surface area contributed by atoms with E-state index >= 15 is 0 Å². The van der Waals surface area contributed by atoms with Crippen LogP contribution in [0.5, 0.6) is 0 Å². The molecule has 3 heteroatoms. The third-order valence-electron chi connectivity index (χ3n) is 2.10. The summed E-state index contributed by atoms with van der Waals surface area (Å²) in [7, 11) is 1.38. The molecule has 0 saturated heterocycles. The Morgan fingerprint density at radius 3 is 2.54 bits per heavy atom. The molecule has 0 aromatic rings. The Labute approximate surface area is 79.4 Å². The van der Waals surface area contributed by atoms with Gasteiger partial charge >= 0.3 is 5.97 Å². The average molecular weight is 186 g/mol. The predicted molar refractivity (Wildman–Crippen MR) is 51.3 cm³/mol. The second kappa shape index (κ2) is 6.66. The molecule has 0 heterocycles. The topological polar surface area (TPSA) is 46.5 Å². The van der Waals surface area contributed by atoms with E-state index in [2.05, 4.69) is 11.3 Å². The molecule has 13 heavy (non-hydrogen) atoms. The van der Waals surface area contributed by atoms with E-state index in [0.717, 1.165) is 5.57 Å². The van der Waals surface area contributed by atoms with Crippen molar-refractivity contribution in [1.82, 2.24) is 0 Å². The Kier molecular flexibility index (Phi) is 6.24. The van der Waals surface area contributed by atoms with Crippen molar-refractivity contribution in [1.29, 1.82) is 0 Å². The number of aliphatic hydroxyl groups excluding tert-OH is 1. The number of allylic oxidation sites excluding steroid dienone is 1. The summed E-state index contributed by atoms with van der Waals surface area (Å²) in [5.41, 5.74) is 1.01. The molecule has 0 radical (unpaired) electrons. The van der Waals surface area contributed by atoms with Crippen LogP contribution in [-0.4, -0.2) is 24.8 Å². The lowest BCUT2D eigenvalue weighted by molar-refractivity contribution is -0.140. The molecule has 1 N–H and O–H groups in total. The standard InChI is InChI=1S/C10H18O3/c1-8(2)9(6-7-11)4-5-10(12)13-3/h9,11H,1,4-7H2,2-3H3/t9-/m1/s1. The molecule has 0 rings (SSSR count). The monoisotopic (exact) mass is 186 g/mol. The molecular formula is C10H18O3. The zero-order valence-corrected chi connectivity index (χ0v) is 8.38. The number of hydrogen-bond donors (Lipinski definition) is 1. The van der Waals surface area contributed by atoms with E-state index in [0.29, 0.717) is 19.3 Å². The third kappa shape index (κ3) is 5.42. The second-order valence-corrected chi connectivity index (χ2v) is 3.17. The highest BCUT2D eigenvalue weighted by Gasteiger charge is 2.11. The largest absolute Gasteiger partial charge is 0.469 e. The molecule has 0 aliphatic heterocycles. The Bertz CT molecular complexity index is 175. The quantitative estimate of drug-likeness (QED) is 0.505. The van der Waals surface area contributed by atoms with Crippen molar-refractivity contribution in [2.24, 2.45) is 5.92 Å². The molecule has 0 aliphatic carbocycles. The average Bonchev–Trinajstić information content (AvgIpc) is 2.11. The van der Waals surface area contributed by atoms with Gasteiger partial charge in [0.15, 0.2) is 0 Å². The number of carbonyl (C=O) groups excluding carboxylic acids is 1. The lowest BCUT2D eigenvalue weighted by atomic mass is 9.93. The molecule has 0 fully saturated rings. The van der Waals surface area contributed by atoms with Crippen LogP contribution in [0.15, 0.2) is 12.2 Å². The number of esters is 1. The number of carbonyl (C=O) groups is 1. The minimum atomic E-state index is -0.204. The summed E-state index contributed by atoms with van der Waals surface area (Å²) in [5, 5.41) is 8.75.